The fourth-order valence-electron chi connectivity index (χ4n) is 3.50. The normalized spacial score (nSPS) is 20.8. The molecule has 2 aromatic carbocycles. The van der Waals surface area contributed by atoms with E-state index in [0.29, 0.717) is 0 Å². The summed E-state index contributed by atoms with van der Waals surface area (Å²) in [5, 5.41) is 0. The summed E-state index contributed by atoms with van der Waals surface area (Å²) in [6, 6.07) is 20.8. The second-order valence-corrected chi connectivity index (χ2v) is 6.61. The maximum absolute atomic E-state index is 12.8. The largest absolute Gasteiger partial charge is 0.317 e. The van der Waals surface area contributed by atoms with Gasteiger partial charge in [0.15, 0.2) is 0 Å². The van der Waals surface area contributed by atoms with Crippen LogP contribution in [0.5, 0.6) is 0 Å². The Labute approximate surface area is 144 Å². The molecule has 0 N–H and O–H groups in total. The van der Waals surface area contributed by atoms with Crippen LogP contribution in [-0.2, 0) is 11.2 Å². The molecule has 3 rings (SSSR count). The maximum atomic E-state index is 12.8. The van der Waals surface area contributed by atoms with Gasteiger partial charge in [0.25, 0.3) is 0 Å². The Balaban J connectivity index is 1.68. The lowest BCUT2D eigenvalue weighted by atomic mass is 9.83. The zero-order valence-electron chi connectivity index (χ0n) is 14.5. The minimum atomic E-state index is -0.00664. The number of aryl methyl sites for hydroxylation is 1. The molecule has 1 aliphatic heterocycles. The number of benzene rings is 2. The van der Waals surface area contributed by atoms with Gasteiger partial charge in [-0.05, 0) is 30.9 Å². The van der Waals surface area contributed by atoms with E-state index in [9.17, 15) is 4.79 Å². The molecule has 0 radical (unpaired) electrons. The third-order valence-electron chi connectivity index (χ3n) is 4.92. The highest BCUT2D eigenvalue weighted by molar-refractivity contribution is 5.83. The van der Waals surface area contributed by atoms with Gasteiger partial charge >= 0.3 is 0 Å². The molecule has 2 heteroatoms. The summed E-state index contributed by atoms with van der Waals surface area (Å²) in [7, 11) is 0. The van der Waals surface area contributed by atoms with Crippen molar-refractivity contribution in [3.63, 3.8) is 0 Å². The summed E-state index contributed by atoms with van der Waals surface area (Å²) in [6.45, 7) is 4.90. The zero-order chi connectivity index (χ0) is 16.9. The van der Waals surface area contributed by atoms with Crippen LogP contribution in [0.15, 0.2) is 72.4 Å². The van der Waals surface area contributed by atoms with Crippen molar-refractivity contribution in [2.45, 2.75) is 32.6 Å². The van der Waals surface area contributed by atoms with E-state index in [-0.39, 0.29) is 17.7 Å². The van der Waals surface area contributed by atoms with Gasteiger partial charge in [0.1, 0.15) is 0 Å². The number of hydrogen-bond donors (Lipinski definition) is 0. The molecule has 0 bridgehead atoms. The summed E-state index contributed by atoms with van der Waals surface area (Å²) in [4.78, 5) is 14.8. The Morgan fingerprint density at radius 1 is 0.958 bits per heavy atom. The Morgan fingerprint density at radius 2 is 1.58 bits per heavy atom. The lowest BCUT2D eigenvalue weighted by Gasteiger charge is -2.35. The van der Waals surface area contributed by atoms with E-state index in [1.54, 1.807) is 0 Å². The molecule has 0 aromatic heterocycles. The summed E-state index contributed by atoms with van der Waals surface area (Å²) >= 11 is 0. The molecule has 0 saturated carbocycles. The van der Waals surface area contributed by atoms with E-state index in [1.807, 2.05) is 36.1 Å². The Morgan fingerprint density at radius 3 is 2.25 bits per heavy atom. The molecule has 2 aromatic rings. The van der Waals surface area contributed by atoms with Crippen LogP contribution in [0, 0.1) is 5.92 Å². The van der Waals surface area contributed by atoms with Gasteiger partial charge in [0, 0.05) is 24.1 Å². The average molecular weight is 319 g/mol. The average Bonchev–Trinajstić information content (AvgIpc) is 2.62. The Bertz CT molecular complexity index is 705. The van der Waals surface area contributed by atoms with Crippen LogP contribution in [0.2, 0.25) is 0 Å². The van der Waals surface area contributed by atoms with Gasteiger partial charge < -0.3 is 4.90 Å². The van der Waals surface area contributed by atoms with Gasteiger partial charge in [-0.15, -0.1) is 0 Å². The van der Waals surface area contributed by atoms with Crippen molar-refractivity contribution >= 4 is 5.91 Å². The molecule has 1 aliphatic rings. The summed E-state index contributed by atoms with van der Waals surface area (Å²) in [6.07, 6.45) is 4.25. The van der Waals surface area contributed by atoms with Crippen LogP contribution in [0.25, 0.3) is 0 Å². The van der Waals surface area contributed by atoms with Crippen molar-refractivity contribution in [3.8, 4) is 0 Å². The molecule has 124 valence electrons. The van der Waals surface area contributed by atoms with Crippen molar-refractivity contribution in [1.29, 1.82) is 0 Å². The third-order valence-corrected chi connectivity index (χ3v) is 4.92. The molecule has 0 unspecified atom stereocenters. The van der Waals surface area contributed by atoms with E-state index in [1.165, 1.54) is 11.1 Å². The lowest BCUT2D eigenvalue weighted by molar-refractivity contribution is -0.134. The van der Waals surface area contributed by atoms with E-state index in [0.717, 1.165) is 25.1 Å². The predicted molar refractivity (Wildman–Crippen MR) is 98.6 cm³/mol. The second-order valence-electron chi connectivity index (χ2n) is 6.61. The van der Waals surface area contributed by atoms with Crippen molar-refractivity contribution in [2.24, 2.45) is 5.92 Å². The standard InChI is InChI=1S/C22H25NO/c1-17-16-21(20-13-7-4-8-14-20)18(2)22(24)23(17)15-9-12-19-10-5-3-6-11-19/h3-8,10-11,13-14,16,18,21H,9,12,15H2,1-2H3/t18-,21+/m0/s1. The molecule has 0 saturated heterocycles. The molecule has 2 nitrogen and oxygen atoms in total. The lowest BCUT2D eigenvalue weighted by Crippen LogP contribution is -2.40. The smallest absolute Gasteiger partial charge is 0.230 e. The van der Waals surface area contributed by atoms with Gasteiger partial charge in [-0.3, -0.25) is 4.79 Å². The highest BCUT2D eigenvalue weighted by Gasteiger charge is 2.32. The van der Waals surface area contributed by atoms with Crippen LogP contribution in [0.1, 0.15) is 37.3 Å². The molecular weight excluding hydrogens is 294 g/mol. The SMILES string of the molecule is CC1=C[C@@H](c2ccccc2)[C@H](C)C(=O)N1CCCc1ccccc1. The van der Waals surface area contributed by atoms with Crippen molar-refractivity contribution in [3.05, 3.63) is 83.6 Å². The molecule has 24 heavy (non-hydrogen) atoms. The van der Waals surface area contributed by atoms with Gasteiger partial charge in [0.2, 0.25) is 5.91 Å². The topological polar surface area (TPSA) is 20.3 Å². The minimum absolute atomic E-state index is 0.00664. The maximum Gasteiger partial charge on any atom is 0.230 e. The monoisotopic (exact) mass is 319 g/mol. The Hall–Kier alpha value is -2.35. The van der Waals surface area contributed by atoms with Gasteiger partial charge in [-0.25, -0.2) is 0 Å². The first-order valence-electron chi connectivity index (χ1n) is 8.75. The second kappa shape index (κ2) is 7.48. The highest BCUT2D eigenvalue weighted by atomic mass is 16.2. The van der Waals surface area contributed by atoms with Crippen LogP contribution >= 0.6 is 0 Å². The summed E-state index contributed by atoms with van der Waals surface area (Å²) in [5.74, 6) is 0.425. The fourth-order valence-corrected chi connectivity index (χ4v) is 3.50. The molecule has 0 fully saturated rings. The number of allylic oxidation sites excluding steroid dienone is 2. The number of carbonyl (C=O) groups excluding carboxylic acids is 1. The van der Waals surface area contributed by atoms with Gasteiger partial charge in [-0.1, -0.05) is 73.7 Å². The molecular formula is C22H25NO. The van der Waals surface area contributed by atoms with E-state index < -0.39 is 0 Å². The Kier molecular flexibility index (Phi) is 5.14. The van der Waals surface area contributed by atoms with Crippen LogP contribution in [0.4, 0.5) is 0 Å². The number of nitrogens with zero attached hydrogens (tertiary/aromatic N) is 1. The van der Waals surface area contributed by atoms with Crippen molar-refractivity contribution in [1.82, 2.24) is 4.90 Å². The van der Waals surface area contributed by atoms with Crippen LogP contribution < -0.4 is 0 Å². The van der Waals surface area contributed by atoms with Crippen LogP contribution in [-0.4, -0.2) is 17.4 Å². The number of hydrogen-bond acceptors (Lipinski definition) is 1. The number of amides is 1. The molecule has 1 amide bonds. The fraction of sp³-hybridized carbons (Fsp3) is 0.318. The predicted octanol–water partition coefficient (Wildman–Crippen LogP) is 4.79. The van der Waals surface area contributed by atoms with Gasteiger partial charge in [-0.2, -0.15) is 0 Å². The molecule has 2 atom stereocenters. The third kappa shape index (κ3) is 3.59. The first-order chi connectivity index (χ1) is 11.7. The highest BCUT2D eigenvalue weighted by Crippen LogP contribution is 2.34. The van der Waals surface area contributed by atoms with Crippen LogP contribution in [0.3, 0.4) is 0 Å². The van der Waals surface area contributed by atoms with Crippen molar-refractivity contribution in [2.75, 3.05) is 6.54 Å². The summed E-state index contributed by atoms with van der Waals surface area (Å²) in [5.41, 5.74) is 3.64. The number of carbonyl (C=O) groups is 1. The van der Waals surface area contributed by atoms with Crippen molar-refractivity contribution < 1.29 is 4.79 Å². The summed E-state index contributed by atoms with van der Waals surface area (Å²) < 4.78 is 0. The van der Waals surface area contributed by atoms with E-state index in [2.05, 4.69) is 49.4 Å². The first-order valence-corrected chi connectivity index (χ1v) is 8.75. The molecule has 0 aliphatic carbocycles. The van der Waals surface area contributed by atoms with E-state index >= 15 is 0 Å². The zero-order valence-corrected chi connectivity index (χ0v) is 14.5. The van der Waals surface area contributed by atoms with Gasteiger partial charge in [0.05, 0.1) is 0 Å². The minimum Gasteiger partial charge on any atom is -0.317 e. The first kappa shape index (κ1) is 16.5. The molecule has 0 spiro atoms. The molecule has 1 heterocycles. The number of rotatable bonds is 5. The van der Waals surface area contributed by atoms with E-state index in [4.69, 9.17) is 0 Å². The quantitative estimate of drug-likeness (QED) is 0.776.